The number of nitrogens with zero attached hydrogens (tertiary/aromatic N) is 3. The highest BCUT2D eigenvalue weighted by atomic mass is 32.2. The normalized spacial score (nSPS) is 19.8. The van der Waals surface area contributed by atoms with Crippen LogP contribution in [0.5, 0.6) is 11.5 Å². The largest absolute Gasteiger partial charge is 0.490 e. The molecule has 1 aliphatic carbocycles. The maximum absolute atomic E-state index is 13.2. The monoisotopic (exact) mass is 474 g/mol. The zero-order valence-electron chi connectivity index (χ0n) is 18.8. The first-order chi connectivity index (χ1) is 15.9. The summed E-state index contributed by atoms with van der Waals surface area (Å²) in [5.41, 5.74) is 0.943. The summed E-state index contributed by atoms with van der Waals surface area (Å²) >= 11 is 0. The summed E-state index contributed by atoms with van der Waals surface area (Å²) in [6, 6.07) is 4.75. The lowest BCUT2D eigenvalue weighted by atomic mass is 9.97. The summed E-state index contributed by atoms with van der Waals surface area (Å²) in [6.07, 6.45) is 5.91. The van der Waals surface area contributed by atoms with Gasteiger partial charge in [0.2, 0.25) is 15.9 Å². The highest BCUT2D eigenvalue weighted by Gasteiger charge is 2.33. The van der Waals surface area contributed by atoms with Crippen LogP contribution in [0.4, 0.5) is 5.82 Å². The van der Waals surface area contributed by atoms with Crippen molar-refractivity contribution in [3.63, 3.8) is 0 Å². The first-order valence-corrected chi connectivity index (χ1v) is 13.1. The Kier molecular flexibility index (Phi) is 6.05. The van der Waals surface area contributed by atoms with Crippen molar-refractivity contribution in [2.45, 2.75) is 50.5 Å². The number of benzene rings is 1. The molecule has 3 heterocycles. The molecule has 2 aliphatic heterocycles. The van der Waals surface area contributed by atoms with Gasteiger partial charge in [0.15, 0.2) is 11.5 Å². The smallest absolute Gasteiger partial charge is 0.243 e. The number of amides is 1. The molecular formula is C23H30N4O5S. The Hall–Kier alpha value is -2.59. The number of hydrogen-bond acceptors (Lipinski definition) is 6. The Morgan fingerprint density at radius 2 is 1.85 bits per heavy atom. The van der Waals surface area contributed by atoms with Crippen molar-refractivity contribution in [2.75, 3.05) is 31.6 Å². The molecule has 1 saturated heterocycles. The highest BCUT2D eigenvalue weighted by Crippen LogP contribution is 2.34. The number of aryl methyl sites for hydroxylation is 1. The predicted molar refractivity (Wildman–Crippen MR) is 122 cm³/mol. The Bertz CT molecular complexity index is 1130. The average Bonchev–Trinajstić information content (AvgIpc) is 3.61. The topological polar surface area (TPSA) is 103 Å². The van der Waals surface area contributed by atoms with Crippen LogP contribution in [-0.4, -0.2) is 54.7 Å². The van der Waals surface area contributed by atoms with E-state index in [0.717, 1.165) is 24.3 Å². The Morgan fingerprint density at radius 3 is 2.58 bits per heavy atom. The van der Waals surface area contributed by atoms with Gasteiger partial charge in [0.25, 0.3) is 0 Å². The lowest BCUT2D eigenvalue weighted by Gasteiger charge is -2.30. The van der Waals surface area contributed by atoms with Gasteiger partial charge < -0.3 is 14.8 Å². The molecule has 0 atom stereocenters. The number of aromatic nitrogens is 2. The number of rotatable bonds is 6. The fraction of sp³-hybridized carbons (Fsp3) is 0.565. The summed E-state index contributed by atoms with van der Waals surface area (Å²) in [6.45, 7) is 4.42. The molecule has 0 radical (unpaired) electrons. The number of carbonyl (C=O) groups is 1. The third kappa shape index (κ3) is 4.72. The number of sulfonamides is 1. The molecule has 0 unspecified atom stereocenters. The number of anilines is 1. The molecule has 1 aromatic heterocycles. The van der Waals surface area contributed by atoms with E-state index >= 15 is 0 Å². The van der Waals surface area contributed by atoms with Crippen molar-refractivity contribution < 1.29 is 22.7 Å². The molecule has 0 bridgehead atoms. The fourth-order valence-electron chi connectivity index (χ4n) is 4.36. The third-order valence-corrected chi connectivity index (χ3v) is 8.47. The van der Waals surface area contributed by atoms with Gasteiger partial charge >= 0.3 is 0 Å². The van der Waals surface area contributed by atoms with Crippen LogP contribution < -0.4 is 14.8 Å². The lowest BCUT2D eigenvalue weighted by Crippen LogP contribution is -2.41. The maximum Gasteiger partial charge on any atom is 0.243 e. The van der Waals surface area contributed by atoms with Gasteiger partial charge in [-0.2, -0.15) is 9.40 Å². The Balaban J connectivity index is 1.22. The molecular weight excluding hydrogens is 444 g/mol. The van der Waals surface area contributed by atoms with Gasteiger partial charge in [0.05, 0.1) is 24.3 Å². The second kappa shape index (κ2) is 8.98. The molecule has 3 aliphatic rings. The molecule has 10 heteroatoms. The van der Waals surface area contributed by atoms with Crippen LogP contribution in [0.15, 0.2) is 29.3 Å². The van der Waals surface area contributed by atoms with E-state index in [1.54, 1.807) is 24.4 Å². The van der Waals surface area contributed by atoms with Crippen molar-refractivity contribution in [3.05, 3.63) is 30.0 Å². The van der Waals surface area contributed by atoms with Crippen LogP contribution in [0.1, 0.15) is 37.7 Å². The zero-order chi connectivity index (χ0) is 23.0. The van der Waals surface area contributed by atoms with E-state index in [9.17, 15) is 13.2 Å². The Labute approximate surface area is 194 Å². The van der Waals surface area contributed by atoms with Crippen molar-refractivity contribution in [3.8, 4) is 11.5 Å². The number of nitrogens with one attached hydrogen (secondary N) is 1. The third-order valence-electron chi connectivity index (χ3n) is 6.57. The summed E-state index contributed by atoms with van der Waals surface area (Å²) in [5.74, 6) is 2.14. The van der Waals surface area contributed by atoms with Crippen molar-refractivity contribution in [1.29, 1.82) is 0 Å². The summed E-state index contributed by atoms with van der Waals surface area (Å²) in [7, 11) is -3.67. The molecule has 1 N–H and O–H groups in total. The number of ether oxygens (including phenoxy) is 2. The molecule has 5 rings (SSSR count). The van der Waals surface area contributed by atoms with Gasteiger partial charge in [-0.15, -0.1) is 0 Å². The fourth-order valence-corrected chi connectivity index (χ4v) is 5.84. The van der Waals surface area contributed by atoms with E-state index < -0.39 is 10.0 Å². The van der Waals surface area contributed by atoms with Gasteiger partial charge in [-0.3, -0.25) is 4.79 Å². The number of hydrogen-bond donors (Lipinski definition) is 1. The molecule has 0 spiro atoms. The lowest BCUT2D eigenvalue weighted by molar-refractivity contribution is -0.121. The van der Waals surface area contributed by atoms with Crippen molar-refractivity contribution in [2.24, 2.45) is 11.8 Å². The molecule has 9 nitrogen and oxygen atoms in total. The zero-order valence-corrected chi connectivity index (χ0v) is 19.6. The minimum Gasteiger partial charge on any atom is -0.490 e. The van der Waals surface area contributed by atoms with E-state index in [1.165, 1.54) is 17.1 Å². The number of piperidine rings is 1. The van der Waals surface area contributed by atoms with Crippen LogP contribution >= 0.6 is 0 Å². The molecule has 178 valence electrons. The van der Waals surface area contributed by atoms with E-state index in [2.05, 4.69) is 10.4 Å². The van der Waals surface area contributed by atoms with E-state index in [1.807, 2.05) is 11.6 Å². The number of fused-ring (bicyclic) bond motifs is 1. The minimum absolute atomic E-state index is 0.0664. The quantitative estimate of drug-likeness (QED) is 0.691. The molecule has 2 aromatic rings. The maximum atomic E-state index is 13.2. The first kappa shape index (κ1) is 22.2. The van der Waals surface area contributed by atoms with Crippen molar-refractivity contribution in [1.82, 2.24) is 14.1 Å². The van der Waals surface area contributed by atoms with Crippen LogP contribution in [-0.2, 0) is 21.4 Å². The number of carbonyl (C=O) groups excluding carboxylic acids is 1. The van der Waals surface area contributed by atoms with Gasteiger partial charge in [0, 0.05) is 43.6 Å². The first-order valence-electron chi connectivity index (χ1n) is 11.6. The molecule has 2 fully saturated rings. The van der Waals surface area contributed by atoms with Crippen LogP contribution in [0, 0.1) is 18.8 Å². The summed E-state index contributed by atoms with van der Waals surface area (Å²) in [4.78, 5) is 13.1. The predicted octanol–water partition coefficient (Wildman–Crippen LogP) is 2.80. The van der Waals surface area contributed by atoms with Gasteiger partial charge in [-0.05, 0) is 50.7 Å². The van der Waals surface area contributed by atoms with E-state index in [0.29, 0.717) is 56.6 Å². The average molecular weight is 475 g/mol. The standard InChI is InChI=1S/C23H30N4O5S/c1-16-14-24-27(15-17-3-4-17)22(16)25-23(28)18-7-9-26(10-8-18)33(29,30)19-5-6-20-21(13-19)32-12-2-11-31-20/h5-6,13-14,17-18H,2-4,7-12,15H2,1H3,(H,25,28). The highest BCUT2D eigenvalue weighted by molar-refractivity contribution is 7.89. The second-order valence-corrected chi connectivity index (χ2v) is 11.1. The van der Waals surface area contributed by atoms with Crippen LogP contribution in [0.2, 0.25) is 0 Å². The van der Waals surface area contributed by atoms with Gasteiger partial charge in [0.1, 0.15) is 5.82 Å². The van der Waals surface area contributed by atoms with Gasteiger partial charge in [-0.1, -0.05) is 0 Å². The SMILES string of the molecule is Cc1cnn(CC2CC2)c1NC(=O)C1CCN(S(=O)(=O)c2ccc3c(c2)OCCCO3)CC1. The van der Waals surface area contributed by atoms with E-state index in [-0.39, 0.29) is 16.7 Å². The molecule has 1 amide bonds. The molecule has 1 aromatic carbocycles. The molecule has 33 heavy (non-hydrogen) atoms. The van der Waals surface area contributed by atoms with Crippen LogP contribution in [0.3, 0.4) is 0 Å². The minimum atomic E-state index is -3.67. The molecule has 1 saturated carbocycles. The van der Waals surface area contributed by atoms with Gasteiger partial charge in [-0.25, -0.2) is 13.1 Å². The summed E-state index contributed by atoms with van der Waals surface area (Å²) in [5, 5.41) is 7.45. The van der Waals surface area contributed by atoms with Crippen LogP contribution in [0.25, 0.3) is 0 Å². The van der Waals surface area contributed by atoms with E-state index in [4.69, 9.17) is 9.47 Å². The Morgan fingerprint density at radius 1 is 1.12 bits per heavy atom. The second-order valence-electron chi connectivity index (χ2n) is 9.13. The summed E-state index contributed by atoms with van der Waals surface area (Å²) < 4.78 is 41.0. The van der Waals surface area contributed by atoms with Crippen molar-refractivity contribution >= 4 is 21.7 Å².